The molecule has 1 aromatic carbocycles. The van der Waals surface area contributed by atoms with Gasteiger partial charge in [-0.2, -0.15) is 0 Å². The number of anilines is 1. The average molecular weight is 422 g/mol. The second-order valence-electron chi connectivity index (χ2n) is 9.29. The van der Waals surface area contributed by atoms with Crippen molar-refractivity contribution >= 4 is 15.5 Å². The molecule has 0 fully saturated rings. The Bertz CT molecular complexity index is 1060. The summed E-state index contributed by atoms with van der Waals surface area (Å²) in [7, 11) is -3.46. The number of hydrogen-bond donors (Lipinski definition) is 1. The summed E-state index contributed by atoms with van der Waals surface area (Å²) in [4.78, 5) is 0. The van der Waals surface area contributed by atoms with Crippen molar-refractivity contribution in [3.05, 3.63) is 77.4 Å². The molecule has 1 heterocycles. The lowest BCUT2D eigenvalue weighted by molar-refractivity contribution is 0.480. The van der Waals surface area contributed by atoms with Gasteiger partial charge in [-0.25, -0.2) is 8.42 Å². The summed E-state index contributed by atoms with van der Waals surface area (Å²) in [5.41, 5.74) is 4.64. The normalized spacial score (nSPS) is 33.0. The lowest BCUT2D eigenvalue weighted by atomic mass is 9.86. The van der Waals surface area contributed by atoms with Crippen LogP contribution in [0.3, 0.4) is 0 Å². The van der Waals surface area contributed by atoms with Crippen molar-refractivity contribution in [2.45, 2.75) is 67.9 Å². The second-order valence-corrected chi connectivity index (χ2v) is 11.7. The predicted molar refractivity (Wildman–Crippen MR) is 124 cm³/mol. The zero-order valence-electron chi connectivity index (χ0n) is 17.7. The summed E-state index contributed by atoms with van der Waals surface area (Å²) in [6, 6.07) is 8.38. The number of fused-ring (bicyclic) bond motifs is 2. The van der Waals surface area contributed by atoms with E-state index in [2.05, 4.69) is 42.6 Å². The Kier molecular flexibility index (Phi) is 5.01. The molecule has 5 rings (SSSR count). The summed E-state index contributed by atoms with van der Waals surface area (Å²) >= 11 is 0. The molecule has 0 saturated heterocycles. The molecule has 1 N–H and O–H groups in total. The molecule has 0 radical (unpaired) electrons. The van der Waals surface area contributed by atoms with Gasteiger partial charge in [0.1, 0.15) is 4.75 Å². The summed E-state index contributed by atoms with van der Waals surface area (Å²) in [6.45, 7) is 2.06. The first-order chi connectivity index (χ1) is 14.5. The minimum Gasteiger partial charge on any atom is -0.378 e. The molecule has 1 aromatic rings. The van der Waals surface area contributed by atoms with Gasteiger partial charge in [0, 0.05) is 17.6 Å². The van der Waals surface area contributed by atoms with E-state index in [1.54, 1.807) is 0 Å². The van der Waals surface area contributed by atoms with Crippen molar-refractivity contribution in [2.75, 3.05) is 5.32 Å². The maximum atomic E-state index is 14.4. The minimum absolute atomic E-state index is 0.0496. The van der Waals surface area contributed by atoms with Crippen LogP contribution in [0.1, 0.15) is 51.0 Å². The average Bonchev–Trinajstić information content (AvgIpc) is 2.97. The summed E-state index contributed by atoms with van der Waals surface area (Å²) < 4.78 is 27.9. The fourth-order valence-corrected chi connectivity index (χ4v) is 8.35. The monoisotopic (exact) mass is 421 g/mol. The molecular weight excluding hydrogens is 390 g/mol. The van der Waals surface area contributed by atoms with Crippen LogP contribution < -0.4 is 5.32 Å². The first-order valence-corrected chi connectivity index (χ1v) is 12.9. The van der Waals surface area contributed by atoms with Crippen LogP contribution in [0.5, 0.6) is 0 Å². The molecule has 4 heteroatoms. The van der Waals surface area contributed by atoms with Gasteiger partial charge >= 0.3 is 0 Å². The van der Waals surface area contributed by atoms with Gasteiger partial charge in [0.05, 0.1) is 5.25 Å². The van der Waals surface area contributed by atoms with Gasteiger partial charge in [0.2, 0.25) is 0 Å². The van der Waals surface area contributed by atoms with Crippen LogP contribution >= 0.6 is 0 Å². The van der Waals surface area contributed by atoms with E-state index < -0.39 is 19.8 Å². The highest BCUT2D eigenvalue weighted by Crippen LogP contribution is 2.46. The number of benzene rings is 1. The van der Waals surface area contributed by atoms with Crippen molar-refractivity contribution in [2.24, 2.45) is 5.92 Å². The molecule has 0 amide bonds. The lowest BCUT2D eigenvalue weighted by Gasteiger charge is -2.40. The number of sulfone groups is 1. The molecule has 3 nitrogen and oxygen atoms in total. The van der Waals surface area contributed by atoms with E-state index >= 15 is 0 Å². The Morgan fingerprint density at radius 3 is 2.77 bits per heavy atom. The van der Waals surface area contributed by atoms with E-state index in [-0.39, 0.29) is 12.0 Å². The highest BCUT2D eigenvalue weighted by molar-refractivity contribution is 7.94. The van der Waals surface area contributed by atoms with Crippen LogP contribution in [0.4, 0.5) is 5.69 Å². The fourth-order valence-electron chi connectivity index (χ4n) is 5.71. The smallest absolute Gasteiger partial charge is 0.170 e. The highest BCUT2D eigenvalue weighted by Gasteiger charge is 2.53. The van der Waals surface area contributed by atoms with Gasteiger partial charge in [-0.15, -0.1) is 0 Å². The van der Waals surface area contributed by atoms with Crippen LogP contribution in [-0.4, -0.2) is 24.5 Å². The van der Waals surface area contributed by atoms with Crippen molar-refractivity contribution in [3.8, 4) is 0 Å². The van der Waals surface area contributed by atoms with E-state index in [0.717, 1.165) is 48.9 Å². The first-order valence-electron chi connectivity index (χ1n) is 11.3. The Hall–Kier alpha value is -2.07. The molecule has 30 heavy (non-hydrogen) atoms. The summed E-state index contributed by atoms with van der Waals surface area (Å²) in [6.07, 6.45) is 19.1. The molecule has 0 saturated carbocycles. The van der Waals surface area contributed by atoms with Crippen LogP contribution in [0, 0.1) is 5.92 Å². The molecule has 4 atom stereocenters. The van der Waals surface area contributed by atoms with E-state index in [0.29, 0.717) is 6.42 Å². The molecule has 4 unspecified atom stereocenters. The summed E-state index contributed by atoms with van der Waals surface area (Å²) in [5.74, 6) is 0.0496. The third-order valence-corrected chi connectivity index (χ3v) is 10.3. The Labute approximate surface area is 180 Å². The SMILES string of the molecule is CC1=CCC(C2=CCCCCC2)(S(=O)(=O)C2C=CC3Nc4ccccc4CC32)C=C1. The van der Waals surface area contributed by atoms with E-state index in [9.17, 15) is 8.42 Å². The van der Waals surface area contributed by atoms with Crippen molar-refractivity contribution in [1.29, 1.82) is 0 Å². The molecule has 0 spiro atoms. The molecule has 1 aliphatic heterocycles. The minimum atomic E-state index is -3.46. The maximum Gasteiger partial charge on any atom is 0.170 e. The van der Waals surface area contributed by atoms with Gasteiger partial charge < -0.3 is 5.32 Å². The standard InChI is InChI=1S/C26H31NO2S/c1-19-14-16-26(17-15-19,21-9-4-2-3-5-10-21)30(28,29)25-13-12-24-22(25)18-20-8-6-7-11-23(20)27-24/h6-9,11-16,22,24-25,27H,2-5,10,17-18H2,1H3. The predicted octanol–water partition coefficient (Wildman–Crippen LogP) is 5.53. The lowest BCUT2D eigenvalue weighted by Crippen LogP contribution is -2.49. The molecular formula is C26H31NO2S. The van der Waals surface area contributed by atoms with Crippen LogP contribution in [0.25, 0.3) is 0 Å². The van der Waals surface area contributed by atoms with E-state index in [1.807, 2.05) is 30.4 Å². The highest BCUT2D eigenvalue weighted by atomic mass is 32.2. The van der Waals surface area contributed by atoms with E-state index in [1.165, 1.54) is 12.0 Å². The van der Waals surface area contributed by atoms with Crippen molar-refractivity contribution < 1.29 is 8.42 Å². The van der Waals surface area contributed by atoms with Gasteiger partial charge in [-0.3, -0.25) is 0 Å². The molecule has 0 aromatic heterocycles. The van der Waals surface area contributed by atoms with Gasteiger partial charge in [0.25, 0.3) is 0 Å². The van der Waals surface area contributed by atoms with E-state index in [4.69, 9.17) is 0 Å². The number of hydrogen-bond acceptors (Lipinski definition) is 3. The molecule has 4 aliphatic rings. The van der Waals surface area contributed by atoms with Gasteiger partial charge in [-0.1, -0.05) is 66.6 Å². The molecule has 158 valence electrons. The molecule has 3 aliphatic carbocycles. The topological polar surface area (TPSA) is 46.2 Å². The van der Waals surface area contributed by atoms with Crippen molar-refractivity contribution in [1.82, 2.24) is 0 Å². The summed E-state index contributed by atoms with van der Waals surface area (Å²) in [5, 5.41) is 3.12. The van der Waals surface area contributed by atoms with Crippen LogP contribution in [0.15, 0.2) is 71.9 Å². The Balaban J connectivity index is 1.54. The zero-order chi connectivity index (χ0) is 20.8. The van der Waals surface area contributed by atoms with Gasteiger partial charge in [0.15, 0.2) is 9.84 Å². The second kappa shape index (κ2) is 7.56. The van der Waals surface area contributed by atoms with Gasteiger partial charge in [-0.05, 0) is 62.7 Å². The maximum absolute atomic E-state index is 14.4. The number of rotatable bonds is 3. The number of para-hydroxylation sites is 1. The Morgan fingerprint density at radius 2 is 1.93 bits per heavy atom. The van der Waals surface area contributed by atoms with Crippen LogP contribution in [0.2, 0.25) is 0 Å². The number of nitrogens with one attached hydrogen (secondary N) is 1. The van der Waals surface area contributed by atoms with Crippen LogP contribution in [-0.2, 0) is 16.3 Å². The largest absolute Gasteiger partial charge is 0.378 e. The first kappa shape index (κ1) is 19.9. The van der Waals surface area contributed by atoms with Crippen molar-refractivity contribution in [3.63, 3.8) is 0 Å². The third kappa shape index (κ3) is 3.11. The quantitative estimate of drug-likeness (QED) is 0.653. The fraction of sp³-hybridized carbons (Fsp3) is 0.462. The Morgan fingerprint density at radius 1 is 1.07 bits per heavy atom. The number of allylic oxidation sites excluding steroid dienone is 4. The third-order valence-electron chi connectivity index (χ3n) is 7.48. The zero-order valence-corrected chi connectivity index (χ0v) is 18.5. The molecule has 0 bridgehead atoms.